The van der Waals surface area contributed by atoms with E-state index in [0.717, 1.165) is 21.5 Å². The van der Waals surface area contributed by atoms with Crippen molar-refractivity contribution in [3.8, 4) is 22.7 Å². The van der Waals surface area contributed by atoms with Crippen LogP contribution in [0.2, 0.25) is 0 Å². The molecule has 0 aliphatic rings. The van der Waals surface area contributed by atoms with Gasteiger partial charge >= 0.3 is 5.97 Å². The van der Waals surface area contributed by atoms with Gasteiger partial charge < -0.3 is 9.47 Å². The van der Waals surface area contributed by atoms with Crippen LogP contribution in [0.15, 0.2) is 59.2 Å². The van der Waals surface area contributed by atoms with Crippen LogP contribution in [0.5, 0.6) is 5.75 Å². The number of nitrogens with zero attached hydrogens (tertiary/aromatic N) is 2. The first-order valence-corrected chi connectivity index (χ1v) is 8.00. The van der Waals surface area contributed by atoms with Gasteiger partial charge in [0.15, 0.2) is 0 Å². The summed E-state index contributed by atoms with van der Waals surface area (Å²) in [7, 11) is 2.98. The quantitative estimate of drug-likeness (QED) is 0.633. The summed E-state index contributed by atoms with van der Waals surface area (Å²) < 4.78 is 12.7. The van der Waals surface area contributed by atoms with Crippen molar-refractivity contribution in [3.05, 3.63) is 64.8 Å². The van der Waals surface area contributed by atoms with Crippen LogP contribution in [0.4, 0.5) is 0 Å². The molecule has 0 radical (unpaired) electrons. The molecular weight excluding hydrogens is 372 g/mol. The Morgan fingerprint density at radius 2 is 1.71 bits per heavy atom. The van der Waals surface area contributed by atoms with Crippen molar-refractivity contribution in [3.63, 3.8) is 0 Å². The van der Waals surface area contributed by atoms with Crippen LogP contribution in [0, 0.1) is 0 Å². The zero-order valence-electron chi connectivity index (χ0n) is 13.2. The Morgan fingerprint density at radius 3 is 2.29 bits per heavy atom. The lowest BCUT2D eigenvalue weighted by molar-refractivity contribution is 0.0601. The average Bonchev–Trinajstić information content (AvgIpc) is 3.06. The van der Waals surface area contributed by atoms with Crippen LogP contribution in [0.3, 0.4) is 0 Å². The third-order valence-electron chi connectivity index (χ3n) is 3.61. The van der Waals surface area contributed by atoms with E-state index in [4.69, 9.17) is 9.47 Å². The van der Waals surface area contributed by atoms with E-state index in [9.17, 15) is 4.79 Å². The molecule has 122 valence electrons. The zero-order chi connectivity index (χ0) is 17.1. The van der Waals surface area contributed by atoms with E-state index in [2.05, 4.69) is 21.0 Å². The summed E-state index contributed by atoms with van der Waals surface area (Å²) in [6.07, 6.45) is 1.52. The Hall–Kier alpha value is -2.60. The average molecular weight is 387 g/mol. The number of hydrogen-bond acceptors (Lipinski definition) is 4. The van der Waals surface area contributed by atoms with Gasteiger partial charge in [-0.05, 0) is 36.4 Å². The van der Waals surface area contributed by atoms with Crippen LogP contribution in [0.1, 0.15) is 10.4 Å². The van der Waals surface area contributed by atoms with E-state index >= 15 is 0 Å². The van der Waals surface area contributed by atoms with Gasteiger partial charge in [0.2, 0.25) is 0 Å². The van der Waals surface area contributed by atoms with Crippen LogP contribution in [0.25, 0.3) is 16.9 Å². The summed E-state index contributed by atoms with van der Waals surface area (Å²) in [5.74, 6) is 0.331. The number of methoxy groups -OCH3 is 2. The summed E-state index contributed by atoms with van der Waals surface area (Å²) in [4.78, 5) is 12.1. The lowest BCUT2D eigenvalue weighted by Gasteiger charge is -2.10. The van der Waals surface area contributed by atoms with Crippen molar-refractivity contribution in [2.45, 2.75) is 0 Å². The SMILES string of the molecule is COC(=O)c1cnn(-c2ccc(OC)cc2)c1-c1ccc(Br)cc1. The van der Waals surface area contributed by atoms with Crippen molar-refractivity contribution < 1.29 is 14.3 Å². The molecule has 0 aliphatic carbocycles. The van der Waals surface area contributed by atoms with E-state index < -0.39 is 5.97 Å². The van der Waals surface area contributed by atoms with Gasteiger partial charge in [0.25, 0.3) is 0 Å². The minimum absolute atomic E-state index is 0.413. The lowest BCUT2D eigenvalue weighted by Crippen LogP contribution is -2.05. The molecule has 6 heteroatoms. The first-order chi connectivity index (χ1) is 11.6. The molecule has 0 fully saturated rings. The van der Waals surface area contributed by atoms with Gasteiger partial charge in [-0.3, -0.25) is 0 Å². The molecule has 5 nitrogen and oxygen atoms in total. The van der Waals surface area contributed by atoms with E-state index in [0.29, 0.717) is 11.3 Å². The predicted molar refractivity (Wildman–Crippen MR) is 94.6 cm³/mol. The minimum Gasteiger partial charge on any atom is -0.497 e. The summed E-state index contributed by atoms with van der Waals surface area (Å²) in [6, 6.07) is 15.1. The number of carbonyl (C=O) groups excluding carboxylic acids is 1. The maximum atomic E-state index is 12.1. The summed E-state index contributed by atoms with van der Waals surface area (Å²) in [6.45, 7) is 0. The summed E-state index contributed by atoms with van der Waals surface area (Å²) >= 11 is 3.42. The molecule has 3 aromatic rings. The van der Waals surface area contributed by atoms with Crippen molar-refractivity contribution in [2.75, 3.05) is 14.2 Å². The van der Waals surface area contributed by atoms with Gasteiger partial charge in [-0.2, -0.15) is 5.10 Å². The molecule has 3 rings (SSSR count). The molecule has 24 heavy (non-hydrogen) atoms. The number of benzene rings is 2. The van der Waals surface area contributed by atoms with Crippen molar-refractivity contribution in [1.29, 1.82) is 0 Å². The van der Waals surface area contributed by atoms with Crippen molar-refractivity contribution >= 4 is 21.9 Å². The Bertz CT molecular complexity index is 855. The molecule has 0 spiro atoms. The molecule has 0 amide bonds. The second-order valence-electron chi connectivity index (χ2n) is 5.02. The third-order valence-corrected chi connectivity index (χ3v) is 4.14. The second-order valence-corrected chi connectivity index (χ2v) is 5.93. The fraction of sp³-hybridized carbons (Fsp3) is 0.111. The van der Waals surface area contributed by atoms with E-state index in [-0.39, 0.29) is 0 Å². The van der Waals surface area contributed by atoms with Gasteiger partial charge in [0.1, 0.15) is 11.3 Å². The molecule has 0 N–H and O–H groups in total. The van der Waals surface area contributed by atoms with Gasteiger partial charge in [0, 0.05) is 10.0 Å². The number of esters is 1. The number of rotatable bonds is 4. The Kier molecular flexibility index (Phi) is 4.66. The third kappa shape index (κ3) is 3.05. The lowest BCUT2D eigenvalue weighted by atomic mass is 10.1. The Balaban J connectivity index is 2.17. The van der Waals surface area contributed by atoms with Crippen LogP contribution in [-0.2, 0) is 4.74 Å². The topological polar surface area (TPSA) is 53.3 Å². The standard InChI is InChI=1S/C18H15BrN2O3/c1-23-15-9-7-14(8-10-15)21-17(12-3-5-13(19)6-4-12)16(11-20-21)18(22)24-2/h3-11H,1-2H3. The molecule has 0 unspecified atom stereocenters. The fourth-order valence-corrected chi connectivity index (χ4v) is 2.68. The maximum Gasteiger partial charge on any atom is 0.341 e. The molecule has 0 saturated carbocycles. The van der Waals surface area contributed by atoms with E-state index in [1.165, 1.54) is 13.3 Å². The first-order valence-electron chi connectivity index (χ1n) is 7.20. The highest BCUT2D eigenvalue weighted by Crippen LogP contribution is 2.29. The van der Waals surface area contributed by atoms with Crippen molar-refractivity contribution in [1.82, 2.24) is 9.78 Å². The molecule has 1 heterocycles. The molecule has 1 aromatic heterocycles. The highest BCUT2D eigenvalue weighted by molar-refractivity contribution is 9.10. The number of ether oxygens (including phenoxy) is 2. The number of aromatic nitrogens is 2. The monoisotopic (exact) mass is 386 g/mol. The molecular formula is C18H15BrN2O3. The first kappa shape index (κ1) is 16.3. The molecule has 0 atom stereocenters. The molecule has 0 aliphatic heterocycles. The van der Waals surface area contributed by atoms with Crippen LogP contribution >= 0.6 is 15.9 Å². The van der Waals surface area contributed by atoms with Gasteiger partial charge in [-0.1, -0.05) is 28.1 Å². The number of hydrogen-bond donors (Lipinski definition) is 0. The normalized spacial score (nSPS) is 10.5. The molecule has 0 saturated heterocycles. The fourth-order valence-electron chi connectivity index (χ4n) is 2.41. The highest BCUT2D eigenvalue weighted by atomic mass is 79.9. The van der Waals surface area contributed by atoms with Crippen LogP contribution in [-0.4, -0.2) is 30.0 Å². The maximum absolute atomic E-state index is 12.1. The van der Waals surface area contributed by atoms with E-state index in [1.54, 1.807) is 11.8 Å². The Labute approximate surface area is 148 Å². The van der Waals surface area contributed by atoms with E-state index in [1.807, 2.05) is 48.5 Å². The number of halogens is 1. The van der Waals surface area contributed by atoms with Gasteiger partial charge in [0.05, 0.1) is 31.8 Å². The van der Waals surface area contributed by atoms with Gasteiger partial charge in [-0.25, -0.2) is 9.48 Å². The predicted octanol–water partition coefficient (Wildman–Crippen LogP) is 4.10. The summed E-state index contributed by atoms with van der Waals surface area (Å²) in [5.41, 5.74) is 2.78. The smallest absolute Gasteiger partial charge is 0.341 e. The minimum atomic E-state index is -0.423. The van der Waals surface area contributed by atoms with Crippen molar-refractivity contribution in [2.24, 2.45) is 0 Å². The molecule has 2 aromatic carbocycles. The second kappa shape index (κ2) is 6.88. The largest absolute Gasteiger partial charge is 0.497 e. The Morgan fingerprint density at radius 1 is 1.04 bits per heavy atom. The number of carbonyl (C=O) groups is 1. The summed E-state index contributed by atoms with van der Waals surface area (Å²) in [5, 5.41) is 4.37. The highest BCUT2D eigenvalue weighted by Gasteiger charge is 2.20. The molecule has 0 bridgehead atoms. The zero-order valence-corrected chi connectivity index (χ0v) is 14.8. The van der Waals surface area contributed by atoms with Crippen LogP contribution < -0.4 is 4.74 Å². The van der Waals surface area contributed by atoms with Gasteiger partial charge in [-0.15, -0.1) is 0 Å².